The van der Waals surface area contributed by atoms with E-state index in [1.54, 1.807) is 6.07 Å². The van der Waals surface area contributed by atoms with E-state index in [2.05, 4.69) is 26.5 Å². The van der Waals surface area contributed by atoms with Gasteiger partial charge in [-0.15, -0.1) is 6.42 Å². The lowest BCUT2D eigenvalue weighted by atomic mass is 9.86. The molecular formula is C20H17N5O3. The van der Waals surface area contributed by atoms with Gasteiger partial charge in [0.05, 0.1) is 5.69 Å². The first-order valence-electron chi connectivity index (χ1n) is 8.68. The molecule has 8 nitrogen and oxygen atoms in total. The summed E-state index contributed by atoms with van der Waals surface area (Å²) in [6.45, 7) is 2.09. The highest BCUT2D eigenvalue weighted by atomic mass is 16.5. The maximum Gasteiger partial charge on any atom is 0.264 e. The first-order chi connectivity index (χ1) is 13.6. The first kappa shape index (κ1) is 17.5. The fourth-order valence-electron chi connectivity index (χ4n) is 3.37. The lowest BCUT2D eigenvalue weighted by molar-refractivity contribution is -0.116. The van der Waals surface area contributed by atoms with Crippen LogP contribution in [0.1, 0.15) is 29.2 Å². The number of carbonyl (C=O) groups is 1. The van der Waals surface area contributed by atoms with Crippen LogP contribution >= 0.6 is 0 Å². The third-order valence-electron chi connectivity index (χ3n) is 4.59. The van der Waals surface area contributed by atoms with E-state index >= 15 is 0 Å². The van der Waals surface area contributed by atoms with Crippen molar-refractivity contribution in [3.05, 3.63) is 63.6 Å². The van der Waals surface area contributed by atoms with Crippen LogP contribution in [0.5, 0.6) is 5.75 Å². The highest BCUT2D eigenvalue weighted by molar-refractivity contribution is 5.95. The van der Waals surface area contributed by atoms with Crippen LogP contribution in [0.15, 0.2) is 41.2 Å². The van der Waals surface area contributed by atoms with E-state index in [0.717, 1.165) is 16.8 Å². The zero-order valence-electron chi connectivity index (χ0n) is 15.1. The van der Waals surface area contributed by atoms with E-state index in [4.69, 9.17) is 11.2 Å². The number of fused-ring (bicyclic) bond motifs is 1. The van der Waals surface area contributed by atoms with E-state index in [1.807, 2.05) is 31.2 Å². The van der Waals surface area contributed by atoms with Gasteiger partial charge in [0.2, 0.25) is 5.91 Å². The summed E-state index contributed by atoms with van der Waals surface area (Å²) in [5.41, 5.74) is 2.36. The molecule has 2 N–H and O–H groups in total. The Morgan fingerprint density at radius 1 is 1.25 bits per heavy atom. The number of amides is 1. The maximum atomic E-state index is 12.4. The van der Waals surface area contributed by atoms with Gasteiger partial charge < -0.3 is 10.1 Å². The Balaban J connectivity index is 1.75. The molecule has 0 aliphatic carbocycles. The standard InChI is InChI=1S/C20H17N5O3/c1-3-10-28-14-6-4-13(5-7-14)15-11-18(27)21-20-19(15)12(2)24-25(20)16-8-9-17(26)23-22-16/h1,4-9,15H,10-11H2,2H3,(H,21,27)(H,23,26)/t15-/m0/s1. The smallest absolute Gasteiger partial charge is 0.264 e. The molecule has 140 valence electrons. The molecule has 1 atom stereocenters. The van der Waals surface area contributed by atoms with Crippen LogP contribution in [-0.2, 0) is 4.79 Å². The number of hydrogen-bond donors (Lipinski definition) is 2. The Hall–Kier alpha value is -3.86. The average molecular weight is 375 g/mol. The van der Waals surface area contributed by atoms with E-state index in [9.17, 15) is 9.59 Å². The van der Waals surface area contributed by atoms with Gasteiger partial charge in [0.1, 0.15) is 18.2 Å². The third-order valence-corrected chi connectivity index (χ3v) is 4.59. The minimum Gasteiger partial charge on any atom is -0.481 e. The maximum absolute atomic E-state index is 12.4. The fraction of sp³-hybridized carbons (Fsp3) is 0.200. The van der Waals surface area contributed by atoms with Crippen molar-refractivity contribution >= 4 is 11.7 Å². The summed E-state index contributed by atoms with van der Waals surface area (Å²) in [7, 11) is 0. The average Bonchev–Trinajstić information content (AvgIpc) is 3.03. The molecule has 28 heavy (non-hydrogen) atoms. The Morgan fingerprint density at radius 2 is 2.04 bits per heavy atom. The van der Waals surface area contributed by atoms with E-state index in [1.165, 1.54) is 10.7 Å². The zero-order valence-corrected chi connectivity index (χ0v) is 15.1. The molecule has 1 aliphatic rings. The summed E-state index contributed by atoms with van der Waals surface area (Å²) >= 11 is 0. The number of aryl methyl sites for hydroxylation is 1. The Bertz CT molecular complexity index is 1120. The highest BCUT2D eigenvalue weighted by Gasteiger charge is 2.32. The van der Waals surface area contributed by atoms with Gasteiger partial charge in [-0.25, -0.2) is 5.10 Å². The lowest BCUT2D eigenvalue weighted by Crippen LogP contribution is -2.25. The summed E-state index contributed by atoms with van der Waals surface area (Å²) in [6, 6.07) is 10.4. The van der Waals surface area contributed by atoms with Crippen molar-refractivity contribution in [3.8, 4) is 23.9 Å². The second-order valence-corrected chi connectivity index (χ2v) is 6.41. The molecule has 1 aromatic carbocycles. The molecule has 3 aromatic rings. The summed E-state index contributed by atoms with van der Waals surface area (Å²) in [5, 5.41) is 13.8. The normalized spacial score (nSPS) is 15.4. The highest BCUT2D eigenvalue weighted by Crippen LogP contribution is 2.40. The van der Waals surface area contributed by atoms with Crippen LogP contribution in [0.25, 0.3) is 5.82 Å². The molecular weight excluding hydrogens is 358 g/mol. The molecule has 0 fully saturated rings. The van der Waals surface area contributed by atoms with Crippen molar-refractivity contribution in [1.29, 1.82) is 0 Å². The molecule has 1 aliphatic heterocycles. The van der Waals surface area contributed by atoms with Crippen molar-refractivity contribution in [2.45, 2.75) is 19.3 Å². The van der Waals surface area contributed by atoms with Gasteiger partial charge in [0.25, 0.3) is 5.56 Å². The Kier molecular flexibility index (Phi) is 4.41. The van der Waals surface area contributed by atoms with Gasteiger partial charge in [-0.2, -0.15) is 14.9 Å². The van der Waals surface area contributed by atoms with Gasteiger partial charge in [-0.1, -0.05) is 18.1 Å². The van der Waals surface area contributed by atoms with Crippen molar-refractivity contribution in [2.24, 2.45) is 0 Å². The molecule has 0 saturated heterocycles. The molecule has 8 heteroatoms. The van der Waals surface area contributed by atoms with Crippen LogP contribution in [0, 0.1) is 19.3 Å². The van der Waals surface area contributed by atoms with E-state index < -0.39 is 0 Å². The monoisotopic (exact) mass is 375 g/mol. The number of rotatable bonds is 4. The van der Waals surface area contributed by atoms with Crippen LogP contribution in [0.4, 0.5) is 5.82 Å². The summed E-state index contributed by atoms with van der Waals surface area (Å²) < 4.78 is 6.95. The number of ether oxygens (including phenoxy) is 1. The molecule has 4 rings (SSSR count). The molecule has 0 spiro atoms. The van der Waals surface area contributed by atoms with Crippen molar-refractivity contribution < 1.29 is 9.53 Å². The minimum absolute atomic E-state index is 0.115. The van der Waals surface area contributed by atoms with Gasteiger partial charge in [0, 0.05) is 24.0 Å². The zero-order chi connectivity index (χ0) is 19.7. The predicted octanol–water partition coefficient (Wildman–Crippen LogP) is 1.75. The van der Waals surface area contributed by atoms with E-state index in [0.29, 0.717) is 23.8 Å². The SMILES string of the molecule is C#CCOc1ccc([C@@H]2CC(=O)Nc3c2c(C)nn3-c2ccc(=O)[nH]n2)cc1. The molecule has 0 radical (unpaired) electrons. The number of H-pyrrole nitrogens is 1. The number of nitrogens with zero attached hydrogens (tertiary/aromatic N) is 3. The topological polar surface area (TPSA) is 102 Å². The van der Waals surface area contributed by atoms with Gasteiger partial charge >= 0.3 is 0 Å². The molecule has 1 amide bonds. The van der Waals surface area contributed by atoms with Crippen molar-refractivity contribution in [3.63, 3.8) is 0 Å². The van der Waals surface area contributed by atoms with Crippen molar-refractivity contribution in [2.75, 3.05) is 11.9 Å². The Labute approximate surface area is 160 Å². The number of terminal acetylenes is 1. The quantitative estimate of drug-likeness (QED) is 0.677. The minimum atomic E-state index is -0.310. The Morgan fingerprint density at radius 3 is 2.71 bits per heavy atom. The molecule has 0 unspecified atom stereocenters. The van der Waals surface area contributed by atoms with Gasteiger partial charge in [-0.05, 0) is 30.7 Å². The summed E-state index contributed by atoms with van der Waals surface area (Å²) in [6.07, 6.45) is 5.52. The summed E-state index contributed by atoms with van der Waals surface area (Å²) in [5.74, 6) is 3.82. The number of anilines is 1. The van der Waals surface area contributed by atoms with Crippen LogP contribution < -0.4 is 15.6 Å². The van der Waals surface area contributed by atoms with Gasteiger partial charge in [0.15, 0.2) is 5.82 Å². The molecule has 0 bridgehead atoms. The summed E-state index contributed by atoms with van der Waals surface area (Å²) in [4.78, 5) is 23.7. The number of nitrogens with one attached hydrogen (secondary N) is 2. The van der Waals surface area contributed by atoms with Crippen LogP contribution in [0.3, 0.4) is 0 Å². The first-order valence-corrected chi connectivity index (χ1v) is 8.68. The van der Waals surface area contributed by atoms with Crippen LogP contribution in [0.2, 0.25) is 0 Å². The number of hydrogen-bond acceptors (Lipinski definition) is 5. The van der Waals surface area contributed by atoms with Gasteiger partial charge in [-0.3, -0.25) is 9.59 Å². The molecule has 2 aromatic heterocycles. The van der Waals surface area contributed by atoms with Crippen LogP contribution in [-0.4, -0.2) is 32.5 Å². The third kappa shape index (κ3) is 3.14. The number of benzene rings is 1. The predicted molar refractivity (Wildman–Crippen MR) is 103 cm³/mol. The number of aromatic amines is 1. The fourth-order valence-corrected chi connectivity index (χ4v) is 3.37. The largest absolute Gasteiger partial charge is 0.481 e. The second-order valence-electron chi connectivity index (χ2n) is 6.41. The number of aromatic nitrogens is 4. The lowest BCUT2D eigenvalue weighted by Gasteiger charge is -2.24. The van der Waals surface area contributed by atoms with E-state index in [-0.39, 0.29) is 24.0 Å². The molecule has 0 saturated carbocycles. The van der Waals surface area contributed by atoms with Crippen molar-refractivity contribution in [1.82, 2.24) is 20.0 Å². The number of carbonyl (C=O) groups excluding carboxylic acids is 1. The second kappa shape index (κ2) is 7.04. The molecule has 3 heterocycles.